The normalized spacial score (nSPS) is 19.5. The molecule has 3 aromatic rings. The summed E-state index contributed by atoms with van der Waals surface area (Å²) in [6, 6.07) is 12.8. The summed E-state index contributed by atoms with van der Waals surface area (Å²) in [5.41, 5.74) is 1.58. The average molecular weight is 637 g/mol. The van der Waals surface area contributed by atoms with Crippen LogP contribution in [0.3, 0.4) is 0 Å². The van der Waals surface area contributed by atoms with Gasteiger partial charge in [0.2, 0.25) is 0 Å². The van der Waals surface area contributed by atoms with Crippen LogP contribution in [0, 0.1) is 0 Å². The lowest BCUT2D eigenvalue weighted by molar-refractivity contribution is -0.152. The van der Waals surface area contributed by atoms with E-state index in [1.165, 1.54) is 46.9 Å². The van der Waals surface area contributed by atoms with Crippen LogP contribution in [0.4, 0.5) is 0 Å². The van der Waals surface area contributed by atoms with E-state index in [0.29, 0.717) is 28.2 Å². The molecule has 0 spiro atoms. The molecule has 2 heterocycles. The first kappa shape index (κ1) is 32.1. The van der Waals surface area contributed by atoms with Gasteiger partial charge in [-0.1, -0.05) is 12.1 Å². The number of methoxy groups -OCH3 is 1. The highest BCUT2D eigenvalue weighted by molar-refractivity contribution is 5.73. The van der Waals surface area contributed by atoms with Crippen molar-refractivity contribution in [1.29, 1.82) is 0 Å². The summed E-state index contributed by atoms with van der Waals surface area (Å²) in [5.74, 6) is -0.603. The fourth-order valence-electron chi connectivity index (χ4n) is 5.34. The second-order valence-corrected chi connectivity index (χ2v) is 10.6. The molecule has 0 aromatic heterocycles. The number of hydrogen-bond acceptors (Lipinski definition) is 13. The Morgan fingerprint density at radius 3 is 2.00 bits per heavy atom. The van der Waals surface area contributed by atoms with Crippen LogP contribution >= 0.6 is 0 Å². The molecule has 1 N–H and O–H groups in total. The van der Waals surface area contributed by atoms with Crippen molar-refractivity contribution in [3.8, 4) is 40.2 Å². The Bertz CT molecular complexity index is 1680. The zero-order chi connectivity index (χ0) is 33.1. The van der Waals surface area contributed by atoms with Crippen molar-refractivity contribution in [1.82, 2.24) is 0 Å². The van der Waals surface area contributed by atoms with E-state index >= 15 is 0 Å². The lowest BCUT2D eigenvalue weighted by Gasteiger charge is -2.36. The summed E-state index contributed by atoms with van der Waals surface area (Å²) in [4.78, 5) is 47.2. The molecule has 0 fully saturated rings. The predicted molar refractivity (Wildman–Crippen MR) is 157 cm³/mol. The van der Waals surface area contributed by atoms with Crippen molar-refractivity contribution < 1.29 is 62.2 Å². The van der Waals surface area contributed by atoms with Crippen LogP contribution < -0.4 is 33.2 Å². The number of aliphatic hydroxyl groups is 1. The Morgan fingerprint density at radius 1 is 0.696 bits per heavy atom. The summed E-state index contributed by atoms with van der Waals surface area (Å²) >= 11 is 0. The number of carbonyl (C=O) groups excluding carboxylic acids is 4. The van der Waals surface area contributed by atoms with Crippen molar-refractivity contribution >= 4 is 23.9 Å². The molecule has 0 amide bonds. The van der Waals surface area contributed by atoms with Crippen molar-refractivity contribution in [3.63, 3.8) is 0 Å². The maximum atomic E-state index is 12.1. The smallest absolute Gasteiger partial charge is 0.308 e. The van der Waals surface area contributed by atoms with Gasteiger partial charge in [0.1, 0.15) is 23.4 Å². The lowest BCUT2D eigenvalue weighted by atomic mass is 9.93. The molecular weight excluding hydrogens is 604 g/mol. The third kappa shape index (κ3) is 6.99. The van der Waals surface area contributed by atoms with Crippen LogP contribution in [0.2, 0.25) is 0 Å². The number of aliphatic hydroxyl groups excluding tert-OH is 1. The van der Waals surface area contributed by atoms with Crippen LogP contribution in [-0.2, 0) is 30.3 Å². The Hall–Kier alpha value is -5.30. The van der Waals surface area contributed by atoms with Crippen molar-refractivity contribution in [2.24, 2.45) is 0 Å². The number of rotatable bonds is 8. The van der Waals surface area contributed by atoms with Crippen molar-refractivity contribution in [2.45, 2.75) is 58.5 Å². The number of ether oxygens (including phenoxy) is 8. The number of benzene rings is 3. The van der Waals surface area contributed by atoms with Crippen LogP contribution in [0.5, 0.6) is 40.2 Å². The fourth-order valence-corrected chi connectivity index (χ4v) is 5.34. The van der Waals surface area contributed by atoms with Gasteiger partial charge in [-0.15, -0.1) is 0 Å². The number of carbonyl (C=O) groups is 4. The highest BCUT2D eigenvalue weighted by Gasteiger charge is 2.39. The van der Waals surface area contributed by atoms with E-state index in [1.807, 2.05) is 0 Å². The van der Waals surface area contributed by atoms with E-state index in [9.17, 15) is 24.3 Å². The van der Waals surface area contributed by atoms with Gasteiger partial charge in [-0.2, -0.15) is 0 Å². The molecule has 0 aliphatic carbocycles. The average Bonchev–Trinajstić information content (AvgIpc) is 2.99. The van der Waals surface area contributed by atoms with Gasteiger partial charge in [0.25, 0.3) is 0 Å². The zero-order valence-electron chi connectivity index (χ0n) is 25.7. The van der Waals surface area contributed by atoms with Crippen LogP contribution in [-0.4, -0.2) is 54.9 Å². The molecule has 13 nitrogen and oxygen atoms in total. The maximum Gasteiger partial charge on any atom is 0.308 e. The largest absolute Gasteiger partial charge is 0.493 e. The van der Waals surface area contributed by atoms with E-state index in [0.717, 1.165) is 0 Å². The first-order valence-electron chi connectivity index (χ1n) is 14.3. The van der Waals surface area contributed by atoms with E-state index < -0.39 is 48.3 Å². The lowest BCUT2D eigenvalue weighted by Crippen LogP contribution is -2.37. The van der Waals surface area contributed by atoms with E-state index in [2.05, 4.69) is 0 Å². The molecule has 3 aromatic carbocycles. The topological polar surface area (TPSA) is 162 Å². The zero-order valence-corrected chi connectivity index (χ0v) is 25.7. The Balaban J connectivity index is 1.51. The number of esters is 4. The molecule has 13 heteroatoms. The highest BCUT2D eigenvalue weighted by atomic mass is 16.6. The quantitative estimate of drug-likeness (QED) is 0.280. The SMILES string of the molecule is COc1cc([C@H]2Oc3cc([C@H]4Oc5cc(OC(C)=O)cc(OC(C)=O)c5C[C@@H]4OC(C)=O)ccc3OC2CO)ccc1OC(C)=O. The van der Waals surface area contributed by atoms with Gasteiger partial charge in [-0.25, -0.2) is 0 Å². The monoisotopic (exact) mass is 636 g/mol. The second kappa shape index (κ2) is 13.4. The van der Waals surface area contributed by atoms with E-state index in [1.54, 1.807) is 36.4 Å². The van der Waals surface area contributed by atoms with Crippen LogP contribution in [0.15, 0.2) is 48.5 Å². The Kier molecular flexibility index (Phi) is 9.33. The molecule has 242 valence electrons. The molecule has 4 atom stereocenters. The molecular formula is C33H32O13. The predicted octanol–water partition coefficient (Wildman–Crippen LogP) is 3.95. The molecule has 0 saturated heterocycles. The number of fused-ring (bicyclic) bond motifs is 2. The fraction of sp³-hybridized carbons (Fsp3) is 0.333. The Labute approximate surface area is 263 Å². The molecule has 0 saturated carbocycles. The third-order valence-corrected chi connectivity index (χ3v) is 7.09. The van der Waals surface area contributed by atoms with Gasteiger partial charge >= 0.3 is 23.9 Å². The molecule has 2 aliphatic rings. The first-order valence-corrected chi connectivity index (χ1v) is 14.3. The number of hydrogen-bond donors (Lipinski definition) is 1. The highest BCUT2D eigenvalue weighted by Crippen LogP contribution is 2.47. The van der Waals surface area contributed by atoms with Crippen molar-refractivity contribution in [3.05, 3.63) is 65.2 Å². The standard InChI is InChI=1S/C33H32O13/c1-16(35)40-22-12-26(42-18(3)37)23-14-30(43-19(4)38)32(45-27(23)13-22)21-7-9-25-29(11-21)46-33(31(15-34)44-25)20-6-8-24(41-17(2)36)28(10-20)39-5/h6-13,30-34H,14-15H2,1-5H3/t30-,31?,32+,33+/m0/s1. The summed E-state index contributed by atoms with van der Waals surface area (Å²) in [6.45, 7) is 4.65. The summed E-state index contributed by atoms with van der Waals surface area (Å²) in [7, 11) is 1.43. The molecule has 5 rings (SSSR count). The first-order chi connectivity index (χ1) is 21.9. The molecule has 1 unspecified atom stereocenters. The van der Waals surface area contributed by atoms with Gasteiger partial charge in [-0.05, 0) is 24.3 Å². The summed E-state index contributed by atoms with van der Waals surface area (Å²) < 4.78 is 45.7. The van der Waals surface area contributed by atoms with Gasteiger partial charge in [-0.3, -0.25) is 19.2 Å². The van der Waals surface area contributed by atoms with Gasteiger partial charge in [0.05, 0.1) is 13.7 Å². The minimum atomic E-state index is -0.861. The van der Waals surface area contributed by atoms with Crippen LogP contribution in [0.1, 0.15) is 56.6 Å². The van der Waals surface area contributed by atoms with Crippen molar-refractivity contribution in [2.75, 3.05) is 13.7 Å². The summed E-state index contributed by atoms with van der Waals surface area (Å²) in [5, 5.41) is 10.1. The molecule has 0 bridgehead atoms. The molecule has 46 heavy (non-hydrogen) atoms. The third-order valence-electron chi connectivity index (χ3n) is 7.09. The minimum absolute atomic E-state index is 0.0994. The molecule has 0 radical (unpaired) electrons. The minimum Gasteiger partial charge on any atom is -0.493 e. The summed E-state index contributed by atoms with van der Waals surface area (Å²) in [6.07, 6.45) is -3.17. The van der Waals surface area contributed by atoms with Gasteiger partial charge in [0.15, 0.2) is 41.3 Å². The van der Waals surface area contributed by atoms with E-state index in [4.69, 9.17) is 37.9 Å². The molecule has 2 aliphatic heterocycles. The van der Waals surface area contributed by atoms with Crippen LogP contribution in [0.25, 0.3) is 0 Å². The van der Waals surface area contributed by atoms with E-state index in [-0.39, 0.29) is 41.8 Å². The second-order valence-electron chi connectivity index (χ2n) is 10.6. The van der Waals surface area contributed by atoms with Gasteiger partial charge < -0.3 is 43.0 Å². The maximum absolute atomic E-state index is 12.1. The Morgan fingerprint density at radius 2 is 1.35 bits per heavy atom. The van der Waals surface area contributed by atoms with Gasteiger partial charge in [0, 0.05) is 62.9 Å².